The highest BCUT2D eigenvalue weighted by atomic mass is 35.5. The highest BCUT2D eigenvalue weighted by Crippen LogP contribution is 2.31. The molecule has 3 aromatic heterocycles. The summed E-state index contributed by atoms with van der Waals surface area (Å²) < 4.78 is 2.39. The van der Waals surface area contributed by atoms with Gasteiger partial charge in [-0.1, -0.05) is 41.9 Å². The molecule has 5 nitrogen and oxygen atoms in total. The normalized spacial score (nSPS) is 12.2. The second-order valence-corrected chi connectivity index (χ2v) is 8.34. The van der Waals surface area contributed by atoms with E-state index >= 15 is 0 Å². The monoisotopic (exact) mass is 410 g/mol. The van der Waals surface area contributed by atoms with Crippen LogP contribution < -0.4 is 5.32 Å². The fourth-order valence-electron chi connectivity index (χ4n) is 3.09. The molecule has 7 heteroatoms. The lowest BCUT2D eigenvalue weighted by atomic mass is 10.1. The summed E-state index contributed by atoms with van der Waals surface area (Å²) in [5, 5.41) is 7.44. The predicted molar refractivity (Wildman–Crippen MR) is 113 cm³/mol. The van der Waals surface area contributed by atoms with Gasteiger partial charge in [0.1, 0.15) is 5.56 Å². The van der Waals surface area contributed by atoms with Crippen LogP contribution >= 0.6 is 22.9 Å². The fourth-order valence-corrected chi connectivity index (χ4v) is 4.15. The van der Waals surface area contributed by atoms with Gasteiger partial charge in [0, 0.05) is 12.2 Å². The maximum atomic E-state index is 12.8. The molecular formula is C21H19ClN4OS. The van der Waals surface area contributed by atoms with Crippen molar-refractivity contribution in [1.82, 2.24) is 19.9 Å². The first-order valence-corrected chi connectivity index (χ1v) is 10.2. The Hall–Kier alpha value is -2.70. The number of thiophene rings is 1. The number of aryl methyl sites for hydroxylation is 1. The number of benzene rings is 1. The number of nitrogens with one attached hydrogen (secondary N) is 1. The molecule has 0 fully saturated rings. The molecule has 1 N–H and O–H groups in total. The number of carbonyl (C=O) groups is 1. The van der Waals surface area contributed by atoms with Gasteiger partial charge in [0.25, 0.3) is 5.91 Å². The number of rotatable bonds is 6. The van der Waals surface area contributed by atoms with E-state index in [-0.39, 0.29) is 11.9 Å². The van der Waals surface area contributed by atoms with Crippen molar-refractivity contribution < 1.29 is 4.79 Å². The van der Waals surface area contributed by atoms with Crippen LogP contribution in [0.1, 0.15) is 29.3 Å². The first-order valence-electron chi connectivity index (χ1n) is 9.05. The third-order valence-corrected chi connectivity index (χ3v) is 5.81. The highest BCUT2D eigenvalue weighted by Gasteiger charge is 2.18. The Labute approximate surface area is 172 Å². The van der Waals surface area contributed by atoms with Gasteiger partial charge in [-0.3, -0.25) is 4.79 Å². The van der Waals surface area contributed by atoms with Crippen LogP contribution in [0.25, 0.3) is 16.2 Å². The maximum Gasteiger partial charge on any atom is 0.256 e. The molecule has 28 heavy (non-hydrogen) atoms. The molecule has 0 aliphatic heterocycles. The lowest BCUT2D eigenvalue weighted by Crippen LogP contribution is -2.32. The molecule has 0 aliphatic rings. The average molecular weight is 411 g/mol. The van der Waals surface area contributed by atoms with Crippen LogP contribution in [0, 0.1) is 0 Å². The van der Waals surface area contributed by atoms with E-state index in [2.05, 4.69) is 27.5 Å². The van der Waals surface area contributed by atoms with Crippen LogP contribution in [0.4, 0.5) is 0 Å². The third kappa shape index (κ3) is 3.93. The minimum atomic E-state index is -0.163. The van der Waals surface area contributed by atoms with Gasteiger partial charge in [-0.05, 0) is 43.5 Å². The number of hydrogen-bond acceptors (Lipinski definition) is 4. The van der Waals surface area contributed by atoms with Gasteiger partial charge in [0.15, 0.2) is 5.65 Å². The molecule has 3 heterocycles. The van der Waals surface area contributed by atoms with Crippen molar-refractivity contribution in [3.63, 3.8) is 0 Å². The van der Waals surface area contributed by atoms with Gasteiger partial charge in [-0.15, -0.1) is 11.3 Å². The molecule has 0 saturated heterocycles. The molecule has 0 bridgehead atoms. The Morgan fingerprint density at radius 3 is 2.79 bits per heavy atom. The van der Waals surface area contributed by atoms with Gasteiger partial charge in [0.2, 0.25) is 0 Å². The fraction of sp³-hybridized carbons (Fsp3) is 0.190. The molecule has 1 amide bonds. The number of nitrogens with zero attached hydrogens (tertiary/aromatic N) is 3. The van der Waals surface area contributed by atoms with Gasteiger partial charge in [-0.25, -0.2) is 9.50 Å². The van der Waals surface area contributed by atoms with Crippen molar-refractivity contribution in [2.45, 2.75) is 25.8 Å². The van der Waals surface area contributed by atoms with Crippen molar-refractivity contribution in [3.05, 3.63) is 76.4 Å². The molecule has 0 unspecified atom stereocenters. The Balaban J connectivity index is 1.50. The number of aromatic nitrogens is 3. The smallest absolute Gasteiger partial charge is 0.256 e. The Bertz CT molecular complexity index is 1110. The molecule has 142 valence electrons. The molecule has 0 spiro atoms. The minimum Gasteiger partial charge on any atom is -0.349 e. The van der Waals surface area contributed by atoms with Gasteiger partial charge < -0.3 is 5.32 Å². The summed E-state index contributed by atoms with van der Waals surface area (Å²) in [6.45, 7) is 2.01. The molecule has 1 atom stereocenters. The standard InChI is InChI=1S/C21H19ClN4OS/c1-14(7-8-15-5-3-2-4-6-15)25-21(27)16-13-24-26-17(11-12-23-20(16)26)18-9-10-19(22)28-18/h2-6,9-14H,7-8H2,1H3,(H,25,27)/t14-/m1/s1. The Morgan fingerprint density at radius 1 is 1.21 bits per heavy atom. The largest absolute Gasteiger partial charge is 0.349 e. The van der Waals surface area contributed by atoms with Crippen LogP contribution in [0.2, 0.25) is 4.34 Å². The summed E-state index contributed by atoms with van der Waals surface area (Å²) in [6.07, 6.45) is 5.04. The predicted octanol–water partition coefficient (Wildman–Crippen LogP) is 4.86. The number of halogens is 1. The molecule has 4 aromatic rings. The van der Waals surface area contributed by atoms with Crippen molar-refractivity contribution in [2.75, 3.05) is 0 Å². The quantitative estimate of drug-likeness (QED) is 0.493. The first kappa shape index (κ1) is 18.7. The van der Waals surface area contributed by atoms with Crippen LogP contribution in [-0.2, 0) is 6.42 Å². The molecule has 0 aliphatic carbocycles. The van der Waals surface area contributed by atoms with E-state index < -0.39 is 0 Å². The van der Waals surface area contributed by atoms with E-state index in [9.17, 15) is 4.79 Å². The zero-order valence-corrected chi connectivity index (χ0v) is 16.9. The summed E-state index contributed by atoms with van der Waals surface area (Å²) in [6, 6.07) is 16.0. The minimum absolute atomic E-state index is 0.0435. The van der Waals surface area contributed by atoms with Crippen molar-refractivity contribution in [1.29, 1.82) is 0 Å². The number of hydrogen-bond donors (Lipinski definition) is 1. The number of amides is 1. The average Bonchev–Trinajstić information content (AvgIpc) is 3.33. The van der Waals surface area contributed by atoms with Crippen LogP contribution in [0.3, 0.4) is 0 Å². The van der Waals surface area contributed by atoms with E-state index in [0.29, 0.717) is 15.5 Å². The Morgan fingerprint density at radius 2 is 2.04 bits per heavy atom. The summed E-state index contributed by atoms with van der Waals surface area (Å²) >= 11 is 7.52. The first-order chi connectivity index (χ1) is 13.6. The van der Waals surface area contributed by atoms with Crippen molar-refractivity contribution >= 4 is 34.5 Å². The summed E-state index contributed by atoms with van der Waals surface area (Å²) in [7, 11) is 0. The SMILES string of the molecule is C[C@H](CCc1ccccc1)NC(=O)c1cnn2c(-c3ccc(Cl)s3)ccnc12. The summed E-state index contributed by atoms with van der Waals surface area (Å²) in [4.78, 5) is 18.1. The number of carbonyl (C=O) groups excluding carboxylic acids is 1. The maximum absolute atomic E-state index is 12.8. The molecule has 0 saturated carbocycles. The molecule has 1 aromatic carbocycles. The van der Waals surface area contributed by atoms with Crippen LogP contribution in [0.15, 0.2) is 60.9 Å². The van der Waals surface area contributed by atoms with Crippen molar-refractivity contribution in [3.8, 4) is 10.6 Å². The van der Waals surface area contributed by atoms with Crippen LogP contribution in [0.5, 0.6) is 0 Å². The van der Waals surface area contributed by atoms with E-state index in [0.717, 1.165) is 23.4 Å². The topological polar surface area (TPSA) is 59.3 Å². The molecule has 4 rings (SSSR count). The molecular weight excluding hydrogens is 392 g/mol. The van der Waals surface area contributed by atoms with E-state index in [1.54, 1.807) is 16.9 Å². The second-order valence-electron chi connectivity index (χ2n) is 6.63. The Kier molecular flexibility index (Phi) is 5.41. The lowest BCUT2D eigenvalue weighted by molar-refractivity contribution is 0.0940. The molecule has 0 radical (unpaired) electrons. The zero-order chi connectivity index (χ0) is 19.5. The van der Waals surface area contributed by atoms with E-state index in [4.69, 9.17) is 11.6 Å². The van der Waals surface area contributed by atoms with E-state index in [1.807, 2.05) is 43.3 Å². The van der Waals surface area contributed by atoms with Crippen LogP contribution in [-0.4, -0.2) is 26.5 Å². The van der Waals surface area contributed by atoms with E-state index in [1.165, 1.54) is 16.9 Å². The zero-order valence-electron chi connectivity index (χ0n) is 15.3. The third-order valence-electron chi connectivity index (χ3n) is 4.56. The second kappa shape index (κ2) is 8.12. The number of fused-ring (bicyclic) bond motifs is 1. The summed E-state index contributed by atoms with van der Waals surface area (Å²) in [5.74, 6) is -0.163. The lowest BCUT2D eigenvalue weighted by Gasteiger charge is -2.13. The van der Waals surface area contributed by atoms with Gasteiger partial charge in [-0.2, -0.15) is 5.10 Å². The highest BCUT2D eigenvalue weighted by molar-refractivity contribution is 7.19. The summed E-state index contributed by atoms with van der Waals surface area (Å²) in [5.41, 5.74) is 3.13. The van der Waals surface area contributed by atoms with Gasteiger partial charge >= 0.3 is 0 Å². The van der Waals surface area contributed by atoms with Gasteiger partial charge in [0.05, 0.1) is 21.1 Å². The van der Waals surface area contributed by atoms with Crippen molar-refractivity contribution in [2.24, 2.45) is 0 Å².